The van der Waals surface area contributed by atoms with E-state index in [-0.39, 0.29) is 65.4 Å². The highest BCUT2D eigenvalue weighted by Gasteiger charge is 2.50. The van der Waals surface area contributed by atoms with Gasteiger partial charge in [-0.2, -0.15) is 0 Å². The Kier molecular flexibility index (Phi) is 7.29. The molecule has 1 aliphatic rings. The van der Waals surface area contributed by atoms with Crippen LogP contribution < -0.4 is 0 Å². The number of carbonyl (C=O) groups excluding carboxylic acids is 1. The Morgan fingerprint density at radius 1 is 0.944 bits per heavy atom. The minimum Gasteiger partial charge on any atom is -0.478 e. The van der Waals surface area contributed by atoms with Crippen molar-refractivity contribution in [2.24, 2.45) is 5.92 Å². The predicted octanol–water partition coefficient (Wildman–Crippen LogP) is 6.45. The summed E-state index contributed by atoms with van der Waals surface area (Å²) in [6.45, 7) is 0. The standard InChI is InChI=1S/C27H23ClF2O5S/c28-20-4-7-22(8-5-20)36(34,35)27(23-16-21(29)6-9-24(23)30)12-10-17(11-13-27)14-25(31)18-2-1-3-19(15-18)26(32)33/h1-9,15-17H,10-14H2,(H,32,33). The molecule has 1 fully saturated rings. The smallest absolute Gasteiger partial charge is 0.335 e. The Bertz CT molecular complexity index is 1410. The molecule has 5 nitrogen and oxygen atoms in total. The summed E-state index contributed by atoms with van der Waals surface area (Å²) in [5.41, 5.74) is 0.0345. The summed E-state index contributed by atoms with van der Waals surface area (Å²) in [6, 6.07) is 14.1. The summed E-state index contributed by atoms with van der Waals surface area (Å²) in [5, 5.41) is 9.51. The number of carboxylic acid groups (broad SMARTS) is 1. The average molecular weight is 533 g/mol. The van der Waals surface area contributed by atoms with E-state index in [0.29, 0.717) is 5.02 Å². The number of halogens is 3. The van der Waals surface area contributed by atoms with Crippen molar-refractivity contribution in [2.45, 2.75) is 41.7 Å². The topological polar surface area (TPSA) is 88.5 Å². The summed E-state index contributed by atoms with van der Waals surface area (Å²) in [7, 11) is -4.17. The summed E-state index contributed by atoms with van der Waals surface area (Å²) in [5.74, 6) is -3.15. The number of ketones is 1. The van der Waals surface area contributed by atoms with Crippen LogP contribution in [0.15, 0.2) is 71.6 Å². The first-order valence-electron chi connectivity index (χ1n) is 11.4. The zero-order valence-corrected chi connectivity index (χ0v) is 20.7. The molecule has 0 spiro atoms. The molecule has 4 rings (SSSR count). The fourth-order valence-electron chi connectivity index (χ4n) is 4.92. The highest BCUT2D eigenvalue weighted by Crippen LogP contribution is 2.50. The van der Waals surface area contributed by atoms with E-state index in [2.05, 4.69) is 0 Å². The minimum absolute atomic E-state index is 0.000788. The highest BCUT2D eigenvalue weighted by atomic mass is 35.5. The monoisotopic (exact) mass is 532 g/mol. The first-order valence-corrected chi connectivity index (χ1v) is 13.2. The number of Topliss-reactive ketones (excluding diaryl/α,β-unsaturated/α-hetero) is 1. The summed E-state index contributed by atoms with van der Waals surface area (Å²) in [4.78, 5) is 24.0. The van der Waals surface area contributed by atoms with E-state index in [4.69, 9.17) is 11.6 Å². The summed E-state index contributed by atoms with van der Waals surface area (Å²) < 4.78 is 55.2. The molecule has 1 saturated carbocycles. The normalized spacial score (nSPS) is 20.1. The van der Waals surface area contributed by atoms with Crippen LogP contribution in [0.1, 0.15) is 58.4 Å². The minimum atomic E-state index is -4.17. The van der Waals surface area contributed by atoms with E-state index < -0.39 is 32.2 Å². The van der Waals surface area contributed by atoms with E-state index in [9.17, 15) is 31.9 Å². The molecule has 0 aliphatic heterocycles. The number of hydrogen-bond acceptors (Lipinski definition) is 4. The van der Waals surface area contributed by atoms with Crippen LogP contribution in [-0.4, -0.2) is 25.3 Å². The Labute approximate surface area is 212 Å². The molecule has 0 unspecified atom stereocenters. The maximum atomic E-state index is 15.0. The number of benzene rings is 3. The molecule has 3 aromatic carbocycles. The van der Waals surface area contributed by atoms with Crippen molar-refractivity contribution in [3.05, 3.63) is 100 Å². The van der Waals surface area contributed by atoms with Crippen molar-refractivity contribution >= 4 is 33.2 Å². The molecule has 0 amide bonds. The maximum Gasteiger partial charge on any atom is 0.335 e. The van der Waals surface area contributed by atoms with Gasteiger partial charge in [0.1, 0.15) is 16.4 Å². The summed E-state index contributed by atoms with van der Waals surface area (Å²) in [6.07, 6.45) is 0.642. The molecule has 0 radical (unpaired) electrons. The van der Waals surface area contributed by atoms with Crippen LogP contribution in [0.4, 0.5) is 8.78 Å². The van der Waals surface area contributed by atoms with Crippen molar-refractivity contribution in [3.8, 4) is 0 Å². The molecule has 36 heavy (non-hydrogen) atoms. The van der Waals surface area contributed by atoms with Gasteiger partial charge in [-0.05, 0) is 86.2 Å². The molecule has 0 heterocycles. The van der Waals surface area contributed by atoms with Gasteiger partial charge in [0.15, 0.2) is 15.6 Å². The first kappa shape index (κ1) is 26.0. The predicted molar refractivity (Wildman–Crippen MR) is 131 cm³/mol. The second-order valence-corrected chi connectivity index (χ2v) is 11.7. The average Bonchev–Trinajstić information content (AvgIpc) is 2.86. The van der Waals surface area contributed by atoms with E-state index in [0.717, 1.165) is 18.2 Å². The van der Waals surface area contributed by atoms with Gasteiger partial charge < -0.3 is 5.11 Å². The van der Waals surface area contributed by atoms with E-state index in [1.54, 1.807) is 0 Å². The van der Waals surface area contributed by atoms with Gasteiger partial charge >= 0.3 is 5.97 Å². The Hall–Kier alpha value is -3.10. The van der Waals surface area contributed by atoms with Gasteiger partial charge in [0.2, 0.25) is 0 Å². The van der Waals surface area contributed by atoms with E-state index in [1.807, 2.05) is 0 Å². The molecular weight excluding hydrogens is 510 g/mol. The lowest BCUT2D eigenvalue weighted by Crippen LogP contribution is -2.41. The zero-order valence-electron chi connectivity index (χ0n) is 19.1. The van der Waals surface area contributed by atoms with Crippen molar-refractivity contribution in [2.75, 3.05) is 0 Å². The van der Waals surface area contributed by atoms with Crippen LogP contribution in [0.3, 0.4) is 0 Å². The van der Waals surface area contributed by atoms with E-state index in [1.165, 1.54) is 48.5 Å². The summed E-state index contributed by atoms with van der Waals surface area (Å²) >= 11 is 5.92. The van der Waals surface area contributed by atoms with Crippen LogP contribution in [-0.2, 0) is 14.6 Å². The molecule has 0 aromatic heterocycles. The number of rotatable bonds is 7. The van der Waals surface area contributed by atoms with Crippen molar-refractivity contribution in [1.29, 1.82) is 0 Å². The van der Waals surface area contributed by atoms with Crippen LogP contribution in [0.2, 0.25) is 5.02 Å². The third-order valence-electron chi connectivity index (χ3n) is 6.88. The van der Waals surface area contributed by atoms with Gasteiger partial charge in [0, 0.05) is 22.6 Å². The molecule has 0 atom stereocenters. The Morgan fingerprint density at radius 3 is 2.22 bits per heavy atom. The molecule has 188 valence electrons. The van der Waals surface area contributed by atoms with Gasteiger partial charge in [-0.1, -0.05) is 23.7 Å². The quantitative estimate of drug-likeness (QED) is 0.353. The third-order valence-corrected chi connectivity index (χ3v) is 9.68. The second kappa shape index (κ2) is 10.1. The van der Waals surface area contributed by atoms with Crippen molar-refractivity contribution in [1.82, 2.24) is 0 Å². The first-order chi connectivity index (χ1) is 17.0. The maximum absolute atomic E-state index is 15.0. The van der Waals surface area contributed by atoms with Crippen LogP contribution in [0, 0.1) is 17.6 Å². The number of sulfone groups is 1. The van der Waals surface area contributed by atoms with Crippen molar-refractivity contribution < 1.29 is 31.9 Å². The van der Waals surface area contributed by atoms with Gasteiger partial charge in [-0.15, -0.1) is 0 Å². The van der Waals surface area contributed by atoms with E-state index >= 15 is 0 Å². The molecule has 0 saturated heterocycles. The fraction of sp³-hybridized carbons (Fsp3) is 0.259. The van der Waals surface area contributed by atoms with Crippen molar-refractivity contribution in [3.63, 3.8) is 0 Å². The lowest BCUT2D eigenvalue weighted by Gasteiger charge is -2.40. The van der Waals surface area contributed by atoms with Gasteiger partial charge in [0.05, 0.1) is 10.5 Å². The number of carboxylic acids is 1. The number of carbonyl (C=O) groups is 2. The van der Waals surface area contributed by atoms with Crippen LogP contribution in [0.5, 0.6) is 0 Å². The van der Waals surface area contributed by atoms with Gasteiger partial charge in [0.25, 0.3) is 0 Å². The molecule has 0 bridgehead atoms. The number of hydrogen-bond donors (Lipinski definition) is 1. The molecule has 9 heteroatoms. The largest absolute Gasteiger partial charge is 0.478 e. The Morgan fingerprint density at radius 2 is 1.58 bits per heavy atom. The third kappa shape index (κ3) is 4.92. The molecule has 3 aromatic rings. The van der Waals surface area contributed by atoms with Crippen LogP contribution >= 0.6 is 11.6 Å². The molecule has 1 aliphatic carbocycles. The zero-order chi connectivity index (χ0) is 26.1. The van der Waals surface area contributed by atoms with Gasteiger partial charge in [-0.3, -0.25) is 4.79 Å². The van der Waals surface area contributed by atoms with Gasteiger partial charge in [-0.25, -0.2) is 22.0 Å². The Balaban J connectivity index is 1.64. The highest BCUT2D eigenvalue weighted by molar-refractivity contribution is 7.92. The fourth-order valence-corrected chi connectivity index (χ4v) is 7.21. The second-order valence-electron chi connectivity index (χ2n) is 9.03. The number of aromatic carboxylic acids is 1. The lowest BCUT2D eigenvalue weighted by molar-refractivity contribution is 0.0697. The molecule has 1 N–H and O–H groups in total. The molecular formula is C27H23ClF2O5S. The van der Waals surface area contributed by atoms with Crippen LogP contribution in [0.25, 0.3) is 0 Å². The SMILES string of the molecule is O=C(O)c1cccc(C(=O)CC2CCC(c3cc(F)ccc3F)(S(=O)(=O)c3ccc(Cl)cc3)CC2)c1. The lowest BCUT2D eigenvalue weighted by atomic mass is 9.75.